The van der Waals surface area contributed by atoms with Crippen molar-refractivity contribution in [2.45, 2.75) is 12.8 Å². The fourth-order valence-electron chi connectivity index (χ4n) is 0.329. The molecule has 0 aromatic heterocycles. The smallest absolute Gasteiger partial charge is 0.210 e. The number of rotatable bonds is 5. The molecule has 0 amide bonds. The Morgan fingerprint density at radius 3 is 2.56 bits per heavy atom. The van der Waals surface area contributed by atoms with E-state index in [4.69, 9.17) is 11.6 Å². The Morgan fingerprint density at radius 1 is 1.44 bits per heavy atom. The molecular weight excluding hydrogens is 166 g/mol. The number of hydrogen-bond acceptors (Lipinski definition) is 1. The maximum Gasteiger partial charge on any atom is 0.247 e. The van der Waals surface area contributed by atoms with Crippen LogP contribution in [0.25, 0.3) is 0 Å². The summed E-state index contributed by atoms with van der Waals surface area (Å²) in [4.78, 5) is 0. The van der Waals surface area contributed by atoms with Gasteiger partial charge in [-0.1, -0.05) is 0 Å². The number of alkyl halides is 3. The Morgan fingerprint density at radius 2 is 2.11 bits per heavy atom. The minimum absolute atomic E-state index is 0.0586. The molecule has 0 unspecified atom stereocenters. The van der Waals surface area contributed by atoms with Gasteiger partial charge in [-0.25, -0.2) is 8.78 Å². The van der Waals surface area contributed by atoms with Crippen molar-refractivity contribution in [3.05, 3.63) is 0 Å². The monoisotopic (exact) mass is 174 g/mol. The lowest BCUT2D eigenvalue weighted by Crippen LogP contribution is -1.94. The molecule has 0 radical (unpaired) electrons. The van der Waals surface area contributed by atoms with Crippen LogP contribution >= 0.6 is 23.4 Å². The van der Waals surface area contributed by atoms with Crippen molar-refractivity contribution in [3.63, 3.8) is 0 Å². The zero-order chi connectivity index (χ0) is 7.11. The SMILES string of the molecule is FC(F)CSCCCCl. The Hall–Kier alpha value is 0.500. The van der Waals surface area contributed by atoms with Crippen LogP contribution in [-0.4, -0.2) is 23.8 Å². The molecule has 0 N–H and O–H groups in total. The third-order valence-corrected chi connectivity index (χ3v) is 2.00. The molecule has 0 rings (SSSR count). The lowest BCUT2D eigenvalue weighted by atomic mass is 10.6. The molecule has 0 saturated carbocycles. The molecule has 0 aliphatic heterocycles. The fourth-order valence-corrected chi connectivity index (χ4v) is 1.31. The molecule has 0 aliphatic rings. The molecule has 0 fully saturated rings. The second-order valence-corrected chi connectivity index (χ2v) is 3.04. The first-order valence-electron chi connectivity index (χ1n) is 2.69. The van der Waals surface area contributed by atoms with E-state index in [1.165, 1.54) is 11.8 Å². The van der Waals surface area contributed by atoms with Crippen LogP contribution in [0, 0.1) is 0 Å². The van der Waals surface area contributed by atoms with Gasteiger partial charge in [0.2, 0.25) is 6.43 Å². The van der Waals surface area contributed by atoms with Gasteiger partial charge in [0.05, 0.1) is 5.75 Å². The summed E-state index contributed by atoms with van der Waals surface area (Å²) in [6, 6.07) is 0. The lowest BCUT2D eigenvalue weighted by molar-refractivity contribution is 0.177. The quantitative estimate of drug-likeness (QED) is 0.456. The van der Waals surface area contributed by atoms with Crippen molar-refractivity contribution in [2.24, 2.45) is 0 Å². The lowest BCUT2D eigenvalue weighted by Gasteiger charge is -1.96. The van der Waals surface area contributed by atoms with Crippen molar-refractivity contribution < 1.29 is 8.78 Å². The summed E-state index contributed by atoms with van der Waals surface area (Å²) < 4.78 is 22.8. The summed E-state index contributed by atoms with van der Waals surface area (Å²) in [5.74, 6) is 1.25. The third-order valence-electron chi connectivity index (χ3n) is 0.666. The van der Waals surface area contributed by atoms with Gasteiger partial charge in [0.15, 0.2) is 0 Å². The van der Waals surface area contributed by atoms with Crippen molar-refractivity contribution in [1.29, 1.82) is 0 Å². The molecule has 0 aliphatic carbocycles. The van der Waals surface area contributed by atoms with Crippen molar-refractivity contribution in [1.82, 2.24) is 0 Å². The average Bonchev–Trinajstić information content (AvgIpc) is 1.80. The zero-order valence-electron chi connectivity index (χ0n) is 4.95. The van der Waals surface area contributed by atoms with Gasteiger partial charge in [0, 0.05) is 5.88 Å². The second kappa shape index (κ2) is 6.62. The molecule has 0 aromatic rings. The largest absolute Gasteiger partial charge is 0.247 e. The molecular formula is C5H9ClF2S. The summed E-state index contributed by atoms with van der Waals surface area (Å²) >= 11 is 6.57. The molecule has 4 heteroatoms. The second-order valence-electron chi connectivity index (χ2n) is 1.51. The molecule has 0 atom stereocenters. The van der Waals surface area contributed by atoms with Crippen molar-refractivity contribution in [3.8, 4) is 0 Å². The molecule has 0 nitrogen and oxygen atoms in total. The van der Waals surface area contributed by atoms with E-state index in [1.54, 1.807) is 0 Å². The number of hydrogen-bond donors (Lipinski definition) is 0. The van der Waals surface area contributed by atoms with Gasteiger partial charge in [-0.05, 0) is 12.2 Å². The van der Waals surface area contributed by atoms with E-state index < -0.39 is 6.43 Å². The highest BCUT2D eigenvalue weighted by molar-refractivity contribution is 7.99. The fraction of sp³-hybridized carbons (Fsp3) is 1.00. The van der Waals surface area contributed by atoms with Crippen LogP contribution in [0.2, 0.25) is 0 Å². The minimum atomic E-state index is -2.18. The topological polar surface area (TPSA) is 0 Å². The van der Waals surface area contributed by atoms with Crippen LogP contribution in [0.15, 0.2) is 0 Å². The van der Waals surface area contributed by atoms with Crippen molar-refractivity contribution >= 4 is 23.4 Å². The van der Waals surface area contributed by atoms with Crippen molar-refractivity contribution in [2.75, 3.05) is 17.4 Å². The van der Waals surface area contributed by atoms with E-state index in [1.807, 2.05) is 0 Å². The maximum atomic E-state index is 11.4. The molecule has 0 aromatic carbocycles. The van der Waals surface area contributed by atoms with E-state index in [9.17, 15) is 8.78 Å². The van der Waals surface area contributed by atoms with Gasteiger partial charge in [0.25, 0.3) is 0 Å². The summed E-state index contributed by atoms with van der Waals surface area (Å²) in [7, 11) is 0. The summed E-state index contributed by atoms with van der Waals surface area (Å²) in [6.07, 6.45) is -1.36. The van der Waals surface area contributed by atoms with E-state index in [2.05, 4.69) is 0 Å². The third kappa shape index (κ3) is 8.50. The van der Waals surface area contributed by atoms with Crippen LogP contribution in [0.4, 0.5) is 8.78 Å². The molecule has 0 heterocycles. The highest BCUT2D eigenvalue weighted by atomic mass is 35.5. The average molecular weight is 175 g/mol. The Labute approximate surface area is 63.0 Å². The van der Waals surface area contributed by atoms with E-state index >= 15 is 0 Å². The highest BCUT2D eigenvalue weighted by Gasteiger charge is 2.00. The van der Waals surface area contributed by atoms with Crippen LogP contribution in [0.5, 0.6) is 0 Å². The van der Waals surface area contributed by atoms with Gasteiger partial charge in [-0.3, -0.25) is 0 Å². The Bertz CT molecular complexity index is 60.9. The summed E-state index contributed by atoms with van der Waals surface area (Å²) in [5.41, 5.74) is 0. The van der Waals surface area contributed by atoms with E-state index in [-0.39, 0.29) is 5.75 Å². The first kappa shape index (κ1) is 9.50. The highest BCUT2D eigenvalue weighted by Crippen LogP contribution is 2.07. The van der Waals surface area contributed by atoms with Crippen LogP contribution in [0.3, 0.4) is 0 Å². The number of halogens is 3. The minimum Gasteiger partial charge on any atom is -0.210 e. The number of thioether (sulfide) groups is 1. The molecule has 0 saturated heterocycles. The Balaban J connectivity index is 2.75. The molecule has 0 bridgehead atoms. The molecule has 0 spiro atoms. The van der Waals surface area contributed by atoms with Crippen LogP contribution < -0.4 is 0 Å². The normalized spacial score (nSPS) is 10.7. The standard InChI is InChI=1S/C5H9ClF2S/c6-2-1-3-9-4-5(7)8/h5H,1-4H2. The predicted octanol–water partition coefficient (Wildman–Crippen LogP) is 2.61. The van der Waals surface area contributed by atoms with E-state index in [0.29, 0.717) is 5.88 Å². The van der Waals surface area contributed by atoms with Crippen LogP contribution in [-0.2, 0) is 0 Å². The first-order valence-corrected chi connectivity index (χ1v) is 4.38. The molecule has 9 heavy (non-hydrogen) atoms. The predicted molar refractivity (Wildman–Crippen MR) is 38.7 cm³/mol. The summed E-state index contributed by atoms with van der Waals surface area (Å²) in [5, 5.41) is 0. The zero-order valence-corrected chi connectivity index (χ0v) is 6.52. The molecule has 56 valence electrons. The van der Waals surface area contributed by atoms with Gasteiger partial charge in [-0.2, -0.15) is 11.8 Å². The van der Waals surface area contributed by atoms with Gasteiger partial charge >= 0.3 is 0 Å². The van der Waals surface area contributed by atoms with E-state index in [0.717, 1.165) is 12.2 Å². The van der Waals surface area contributed by atoms with Gasteiger partial charge in [0.1, 0.15) is 0 Å². The maximum absolute atomic E-state index is 11.4. The van der Waals surface area contributed by atoms with Gasteiger partial charge < -0.3 is 0 Å². The Kier molecular flexibility index (Phi) is 6.99. The summed E-state index contributed by atoms with van der Waals surface area (Å²) in [6.45, 7) is 0. The van der Waals surface area contributed by atoms with Gasteiger partial charge in [-0.15, -0.1) is 11.6 Å². The first-order chi connectivity index (χ1) is 4.27. The van der Waals surface area contributed by atoms with Crippen LogP contribution in [0.1, 0.15) is 6.42 Å².